The van der Waals surface area contributed by atoms with E-state index in [1.165, 1.54) is 5.56 Å². The first-order chi connectivity index (χ1) is 13.5. The summed E-state index contributed by atoms with van der Waals surface area (Å²) in [6, 6.07) is 9.60. The van der Waals surface area contributed by atoms with Gasteiger partial charge in [0.2, 0.25) is 0 Å². The largest absolute Gasteiger partial charge is 0.379 e. The highest BCUT2D eigenvalue weighted by Crippen LogP contribution is 2.18. The molecule has 7 nitrogen and oxygen atoms in total. The number of rotatable bonds is 7. The molecule has 150 valence electrons. The normalized spacial score (nSPS) is 14.9. The molecule has 2 N–H and O–H groups in total. The summed E-state index contributed by atoms with van der Waals surface area (Å²) in [6.45, 7) is 11.2. The summed E-state index contributed by atoms with van der Waals surface area (Å²) < 4.78 is 5.36. The van der Waals surface area contributed by atoms with Crippen molar-refractivity contribution < 1.29 is 9.53 Å². The Hall–Kier alpha value is -2.51. The number of benzene rings is 1. The fraction of sp³-hybridized carbons (Fsp3) is 0.476. The van der Waals surface area contributed by atoms with Gasteiger partial charge in [0.05, 0.1) is 13.2 Å². The zero-order valence-electron chi connectivity index (χ0n) is 16.9. The summed E-state index contributed by atoms with van der Waals surface area (Å²) in [4.78, 5) is 23.6. The van der Waals surface area contributed by atoms with Crippen LogP contribution in [-0.4, -0.2) is 60.2 Å². The SMILES string of the molecule is Cc1nc(NCCN2CCOCC2)cc(C(=O)Nc2ccc(C(C)C)cc2)n1. The van der Waals surface area contributed by atoms with Crippen molar-refractivity contribution in [3.05, 3.63) is 47.4 Å². The second-order valence-corrected chi connectivity index (χ2v) is 7.30. The Bertz CT molecular complexity index is 786. The van der Waals surface area contributed by atoms with Crippen molar-refractivity contribution in [1.82, 2.24) is 14.9 Å². The van der Waals surface area contributed by atoms with E-state index in [1.807, 2.05) is 24.3 Å². The Morgan fingerprint density at radius 3 is 2.57 bits per heavy atom. The first kappa shape index (κ1) is 20.2. The summed E-state index contributed by atoms with van der Waals surface area (Å²) >= 11 is 0. The number of amides is 1. The van der Waals surface area contributed by atoms with E-state index in [1.54, 1.807) is 13.0 Å². The third-order valence-corrected chi connectivity index (χ3v) is 4.74. The predicted molar refractivity (Wildman–Crippen MR) is 111 cm³/mol. The van der Waals surface area contributed by atoms with Crippen LogP contribution in [0.1, 0.15) is 41.6 Å². The second kappa shape index (κ2) is 9.61. The third kappa shape index (κ3) is 5.74. The fourth-order valence-corrected chi connectivity index (χ4v) is 3.09. The second-order valence-electron chi connectivity index (χ2n) is 7.30. The van der Waals surface area contributed by atoms with Crippen LogP contribution in [-0.2, 0) is 4.74 Å². The van der Waals surface area contributed by atoms with Crippen molar-refractivity contribution in [2.75, 3.05) is 50.0 Å². The molecule has 1 aromatic heterocycles. The molecule has 0 aliphatic carbocycles. The highest BCUT2D eigenvalue weighted by atomic mass is 16.5. The Kier molecular flexibility index (Phi) is 6.95. The highest BCUT2D eigenvalue weighted by molar-refractivity contribution is 6.03. The van der Waals surface area contributed by atoms with Crippen LogP contribution in [0.4, 0.5) is 11.5 Å². The van der Waals surface area contributed by atoms with Crippen LogP contribution in [0.3, 0.4) is 0 Å². The quantitative estimate of drug-likeness (QED) is 0.765. The van der Waals surface area contributed by atoms with Crippen molar-refractivity contribution in [3.8, 4) is 0 Å². The number of anilines is 2. The molecule has 2 aromatic rings. The smallest absolute Gasteiger partial charge is 0.274 e. The molecule has 1 aliphatic rings. The number of carbonyl (C=O) groups excluding carboxylic acids is 1. The van der Waals surface area contributed by atoms with Gasteiger partial charge in [-0.1, -0.05) is 26.0 Å². The first-order valence-electron chi connectivity index (χ1n) is 9.82. The number of hydrogen-bond donors (Lipinski definition) is 2. The van der Waals surface area contributed by atoms with Crippen molar-refractivity contribution in [2.45, 2.75) is 26.7 Å². The summed E-state index contributed by atoms with van der Waals surface area (Å²) in [5, 5.41) is 6.21. The monoisotopic (exact) mass is 383 g/mol. The number of carbonyl (C=O) groups is 1. The number of hydrogen-bond acceptors (Lipinski definition) is 6. The minimum atomic E-state index is -0.237. The molecule has 0 radical (unpaired) electrons. The maximum Gasteiger partial charge on any atom is 0.274 e. The average Bonchev–Trinajstić information content (AvgIpc) is 2.69. The van der Waals surface area contributed by atoms with Crippen molar-refractivity contribution in [3.63, 3.8) is 0 Å². The van der Waals surface area contributed by atoms with Gasteiger partial charge in [0.25, 0.3) is 5.91 Å². The molecule has 7 heteroatoms. The number of aromatic nitrogens is 2. The predicted octanol–water partition coefficient (Wildman–Crippen LogP) is 2.90. The van der Waals surface area contributed by atoms with E-state index < -0.39 is 0 Å². The van der Waals surface area contributed by atoms with Gasteiger partial charge < -0.3 is 15.4 Å². The van der Waals surface area contributed by atoms with Gasteiger partial charge in [-0.2, -0.15) is 0 Å². The van der Waals surface area contributed by atoms with E-state index in [2.05, 4.69) is 39.3 Å². The van der Waals surface area contributed by atoms with Gasteiger partial charge in [-0.3, -0.25) is 9.69 Å². The Morgan fingerprint density at radius 2 is 1.89 bits per heavy atom. The summed E-state index contributed by atoms with van der Waals surface area (Å²) in [7, 11) is 0. The van der Waals surface area contributed by atoms with E-state index in [-0.39, 0.29) is 5.91 Å². The van der Waals surface area contributed by atoms with Crippen LogP contribution < -0.4 is 10.6 Å². The number of morpholine rings is 1. The van der Waals surface area contributed by atoms with Gasteiger partial charge in [-0.05, 0) is 30.5 Å². The molecular weight excluding hydrogens is 354 g/mol. The Morgan fingerprint density at radius 1 is 1.18 bits per heavy atom. The molecule has 1 fully saturated rings. The van der Waals surface area contributed by atoms with Crippen LogP contribution in [0.5, 0.6) is 0 Å². The van der Waals surface area contributed by atoms with E-state index in [9.17, 15) is 4.79 Å². The molecule has 1 aliphatic heterocycles. The molecule has 0 unspecified atom stereocenters. The summed E-state index contributed by atoms with van der Waals surface area (Å²) in [5.74, 6) is 1.46. The molecule has 3 rings (SSSR count). The Balaban J connectivity index is 1.58. The maximum absolute atomic E-state index is 12.6. The third-order valence-electron chi connectivity index (χ3n) is 4.74. The van der Waals surface area contributed by atoms with E-state index >= 15 is 0 Å². The summed E-state index contributed by atoms with van der Waals surface area (Å²) in [6.07, 6.45) is 0. The van der Waals surface area contributed by atoms with Gasteiger partial charge in [-0.25, -0.2) is 9.97 Å². The Labute approximate surface area is 166 Å². The van der Waals surface area contributed by atoms with Gasteiger partial charge in [-0.15, -0.1) is 0 Å². The molecule has 0 saturated carbocycles. The number of aryl methyl sites for hydroxylation is 1. The van der Waals surface area contributed by atoms with E-state index in [0.29, 0.717) is 23.3 Å². The lowest BCUT2D eigenvalue weighted by Crippen LogP contribution is -2.39. The van der Waals surface area contributed by atoms with E-state index in [4.69, 9.17) is 4.74 Å². The molecule has 1 aromatic carbocycles. The lowest BCUT2D eigenvalue weighted by molar-refractivity contribution is 0.0398. The fourth-order valence-electron chi connectivity index (χ4n) is 3.09. The number of nitrogens with one attached hydrogen (secondary N) is 2. The van der Waals surface area contributed by atoms with Crippen molar-refractivity contribution in [1.29, 1.82) is 0 Å². The van der Waals surface area contributed by atoms with Gasteiger partial charge in [0, 0.05) is 37.9 Å². The van der Waals surface area contributed by atoms with Crippen LogP contribution in [0.2, 0.25) is 0 Å². The van der Waals surface area contributed by atoms with Crippen LogP contribution >= 0.6 is 0 Å². The lowest BCUT2D eigenvalue weighted by atomic mass is 10.0. The zero-order chi connectivity index (χ0) is 19.9. The molecule has 2 heterocycles. The molecule has 1 amide bonds. The topological polar surface area (TPSA) is 79.4 Å². The minimum absolute atomic E-state index is 0.237. The zero-order valence-corrected chi connectivity index (χ0v) is 16.9. The van der Waals surface area contributed by atoms with E-state index in [0.717, 1.165) is 45.1 Å². The minimum Gasteiger partial charge on any atom is -0.379 e. The summed E-state index contributed by atoms with van der Waals surface area (Å²) in [5.41, 5.74) is 2.35. The molecule has 0 spiro atoms. The van der Waals surface area contributed by atoms with Crippen LogP contribution in [0, 0.1) is 6.92 Å². The maximum atomic E-state index is 12.6. The van der Waals surface area contributed by atoms with Gasteiger partial charge in [0.15, 0.2) is 0 Å². The molecule has 0 atom stereocenters. The molecule has 1 saturated heterocycles. The van der Waals surface area contributed by atoms with Gasteiger partial charge >= 0.3 is 0 Å². The highest BCUT2D eigenvalue weighted by Gasteiger charge is 2.13. The number of nitrogens with zero attached hydrogens (tertiary/aromatic N) is 3. The first-order valence-corrected chi connectivity index (χ1v) is 9.82. The molecule has 28 heavy (non-hydrogen) atoms. The standard InChI is InChI=1S/C21H29N5O2/c1-15(2)17-4-6-18(7-5-17)25-21(27)19-14-20(24-16(3)23-19)22-8-9-26-10-12-28-13-11-26/h4-7,14-15H,8-13H2,1-3H3,(H,25,27)(H,22,23,24). The lowest BCUT2D eigenvalue weighted by Gasteiger charge is -2.26. The number of ether oxygens (including phenoxy) is 1. The van der Waals surface area contributed by atoms with Crippen LogP contribution in [0.15, 0.2) is 30.3 Å². The van der Waals surface area contributed by atoms with Gasteiger partial charge in [0.1, 0.15) is 17.3 Å². The van der Waals surface area contributed by atoms with Crippen molar-refractivity contribution >= 4 is 17.4 Å². The average molecular weight is 383 g/mol. The van der Waals surface area contributed by atoms with Crippen LogP contribution in [0.25, 0.3) is 0 Å². The van der Waals surface area contributed by atoms with Crippen molar-refractivity contribution in [2.24, 2.45) is 0 Å². The molecular formula is C21H29N5O2. The molecule has 0 bridgehead atoms.